The Bertz CT molecular complexity index is 706. The average molecular weight is 450 g/mol. The first-order valence-corrected chi connectivity index (χ1v) is 10.7. The molecule has 3 rings (SSSR count). The molecule has 168 valence electrons. The minimum Gasteiger partial charge on any atom is -0.379 e. The number of pyridine rings is 1. The number of halogens is 4. The maximum atomic E-state index is 12.8. The van der Waals surface area contributed by atoms with E-state index in [2.05, 4.69) is 10.3 Å². The van der Waals surface area contributed by atoms with Gasteiger partial charge < -0.3 is 19.7 Å². The van der Waals surface area contributed by atoms with E-state index in [1.54, 1.807) is 0 Å². The monoisotopic (exact) mass is 449 g/mol. The van der Waals surface area contributed by atoms with Crippen LogP contribution in [0.4, 0.5) is 19.0 Å². The van der Waals surface area contributed by atoms with Gasteiger partial charge in [0.05, 0.1) is 23.3 Å². The van der Waals surface area contributed by atoms with Gasteiger partial charge in [-0.05, 0) is 38.2 Å². The zero-order chi connectivity index (χ0) is 21.6. The van der Waals surface area contributed by atoms with Crippen molar-refractivity contribution in [2.75, 3.05) is 44.4 Å². The van der Waals surface area contributed by atoms with Gasteiger partial charge in [-0.3, -0.25) is 4.79 Å². The number of ether oxygens (including phenoxy) is 2. The summed E-state index contributed by atoms with van der Waals surface area (Å²) in [6, 6.07) is 0.892. The normalized spacial score (nSPS) is 20.5. The van der Waals surface area contributed by atoms with Crippen LogP contribution in [0.1, 0.15) is 37.7 Å². The number of rotatable bonds is 8. The molecule has 0 aliphatic carbocycles. The molecule has 30 heavy (non-hydrogen) atoms. The Hall–Kier alpha value is -1.58. The van der Waals surface area contributed by atoms with Gasteiger partial charge >= 0.3 is 6.18 Å². The van der Waals surface area contributed by atoms with E-state index in [0.29, 0.717) is 51.5 Å². The molecule has 10 heteroatoms. The highest BCUT2D eigenvalue weighted by Crippen LogP contribution is 2.34. The maximum absolute atomic E-state index is 12.8. The molecule has 1 N–H and O–H groups in total. The van der Waals surface area contributed by atoms with Crippen LogP contribution in [0.25, 0.3) is 0 Å². The van der Waals surface area contributed by atoms with Crippen LogP contribution in [-0.4, -0.2) is 56.5 Å². The van der Waals surface area contributed by atoms with Crippen LogP contribution in [0.2, 0.25) is 5.02 Å². The number of anilines is 1. The summed E-state index contributed by atoms with van der Waals surface area (Å²) in [6.45, 7) is 3.58. The lowest BCUT2D eigenvalue weighted by molar-refractivity contribution is -0.137. The number of amides is 1. The van der Waals surface area contributed by atoms with Crippen molar-refractivity contribution in [3.63, 3.8) is 0 Å². The third-order valence-corrected chi connectivity index (χ3v) is 5.68. The number of hydrogen-bond donors (Lipinski definition) is 1. The molecule has 1 aromatic heterocycles. The fourth-order valence-corrected chi connectivity index (χ4v) is 3.98. The molecule has 1 amide bonds. The molecule has 3 heterocycles. The molecule has 6 nitrogen and oxygen atoms in total. The summed E-state index contributed by atoms with van der Waals surface area (Å²) in [5.74, 6) is 0.203. The number of carbonyl (C=O) groups is 1. The minimum atomic E-state index is -4.48. The van der Waals surface area contributed by atoms with Gasteiger partial charge in [0.15, 0.2) is 0 Å². The molecule has 0 spiro atoms. The van der Waals surface area contributed by atoms with E-state index in [0.717, 1.165) is 38.1 Å². The Morgan fingerprint density at radius 3 is 2.73 bits per heavy atom. The smallest absolute Gasteiger partial charge is 0.379 e. The van der Waals surface area contributed by atoms with Gasteiger partial charge in [0.2, 0.25) is 5.91 Å². The van der Waals surface area contributed by atoms with Crippen molar-refractivity contribution in [3.05, 3.63) is 22.8 Å². The van der Waals surface area contributed by atoms with Gasteiger partial charge in [0.25, 0.3) is 0 Å². The molecule has 0 bridgehead atoms. The molecule has 1 unspecified atom stereocenters. The molecule has 0 radical (unpaired) electrons. The Kier molecular flexibility index (Phi) is 8.19. The quantitative estimate of drug-likeness (QED) is 0.613. The first-order valence-electron chi connectivity index (χ1n) is 10.3. The first kappa shape index (κ1) is 23.1. The predicted molar refractivity (Wildman–Crippen MR) is 107 cm³/mol. The molecular weight excluding hydrogens is 423 g/mol. The van der Waals surface area contributed by atoms with Gasteiger partial charge in [-0.25, -0.2) is 4.98 Å². The van der Waals surface area contributed by atoms with Crippen LogP contribution < -0.4 is 10.2 Å². The topological polar surface area (TPSA) is 63.7 Å². The van der Waals surface area contributed by atoms with Crippen molar-refractivity contribution in [3.8, 4) is 0 Å². The van der Waals surface area contributed by atoms with E-state index >= 15 is 0 Å². The van der Waals surface area contributed by atoms with Crippen LogP contribution in [0.3, 0.4) is 0 Å². The van der Waals surface area contributed by atoms with E-state index in [9.17, 15) is 18.0 Å². The molecule has 1 atom stereocenters. The van der Waals surface area contributed by atoms with Gasteiger partial charge in [0.1, 0.15) is 5.82 Å². The summed E-state index contributed by atoms with van der Waals surface area (Å²) >= 11 is 6.02. The SMILES string of the molecule is O=C(NCCCOCC1CCCO1)C1CCN(c2ncc(C(F)(F)F)cc2Cl)CC1. The van der Waals surface area contributed by atoms with Crippen LogP contribution in [0.5, 0.6) is 0 Å². The number of nitrogens with one attached hydrogen (secondary N) is 1. The van der Waals surface area contributed by atoms with Crippen molar-refractivity contribution in [2.24, 2.45) is 5.92 Å². The van der Waals surface area contributed by atoms with Gasteiger partial charge in [-0.1, -0.05) is 11.6 Å². The van der Waals surface area contributed by atoms with Crippen molar-refractivity contribution in [1.82, 2.24) is 10.3 Å². The second kappa shape index (κ2) is 10.6. The largest absolute Gasteiger partial charge is 0.417 e. The van der Waals surface area contributed by atoms with Crippen molar-refractivity contribution >= 4 is 23.3 Å². The summed E-state index contributed by atoms with van der Waals surface area (Å²) in [5.41, 5.74) is -0.870. The number of aromatic nitrogens is 1. The van der Waals surface area contributed by atoms with Gasteiger partial charge in [-0.2, -0.15) is 13.2 Å². The molecule has 2 saturated heterocycles. The Labute approximate surface area is 179 Å². The van der Waals surface area contributed by atoms with E-state index in [-0.39, 0.29) is 23.0 Å². The molecule has 1 aromatic rings. The lowest BCUT2D eigenvalue weighted by atomic mass is 9.96. The molecule has 2 aliphatic heterocycles. The van der Waals surface area contributed by atoms with E-state index < -0.39 is 11.7 Å². The van der Waals surface area contributed by atoms with Crippen molar-refractivity contribution in [1.29, 1.82) is 0 Å². The zero-order valence-corrected chi connectivity index (χ0v) is 17.5. The number of hydrogen-bond acceptors (Lipinski definition) is 5. The number of carbonyl (C=O) groups excluding carboxylic acids is 1. The fraction of sp³-hybridized carbons (Fsp3) is 0.700. The molecule has 2 aliphatic rings. The number of piperidine rings is 1. The summed E-state index contributed by atoms with van der Waals surface area (Å²) < 4.78 is 49.3. The lowest BCUT2D eigenvalue weighted by Gasteiger charge is -2.32. The third-order valence-electron chi connectivity index (χ3n) is 5.41. The second-order valence-electron chi connectivity index (χ2n) is 7.64. The van der Waals surface area contributed by atoms with E-state index in [1.165, 1.54) is 0 Å². The highest BCUT2D eigenvalue weighted by molar-refractivity contribution is 6.33. The summed E-state index contributed by atoms with van der Waals surface area (Å²) in [7, 11) is 0. The summed E-state index contributed by atoms with van der Waals surface area (Å²) in [6.07, 6.45) is 0.587. The van der Waals surface area contributed by atoms with Crippen LogP contribution >= 0.6 is 11.6 Å². The lowest BCUT2D eigenvalue weighted by Crippen LogP contribution is -2.41. The standard InChI is InChI=1S/C20H27ClF3N3O3/c21-17-11-15(20(22,23)24)12-26-18(17)27-7-4-14(5-8-27)19(28)25-6-2-9-29-13-16-3-1-10-30-16/h11-12,14,16H,1-10,13H2,(H,25,28). The van der Waals surface area contributed by atoms with Crippen molar-refractivity contribution < 1.29 is 27.4 Å². The number of nitrogens with zero attached hydrogens (tertiary/aromatic N) is 2. The minimum absolute atomic E-state index is 0.000233. The Balaban J connectivity index is 1.35. The average Bonchev–Trinajstić information content (AvgIpc) is 3.23. The maximum Gasteiger partial charge on any atom is 0.417 e. The molecule has 0 aromatic carbocycles. The summed E-state index contributed by atoms with van der Waals surface area (Å²) in [5, 5.41) is 2.90. The summed E-state index contributed by atoms with van der Waals surface area (Å²) in [4.78, 5) is 18.1. The Morgan fingerprint density at radius 2 is 2.10 bits per heavy atom. The predicted octanol–water partition coefficient (Wildman–Crippen LogP) is 3.67. The zero-order valence-electron chi connectivity index (χ0n) is 16.7. The highest BCUT2D eigenvalue weighted by Gasteiger charge is 2.33. The van der Waals surface area contributed by atoms with Gasteiger partial charge in [-0.15, -0.1) is 0 Å². The van der Waals surface area contributed by atoms with Gasteiger partial charge in [0, 0.05) is 45.0 Å². The molecule has 2 fully saturated rings. The van der Waals surface area contributed by atoms with Crippen LogP contribution in [-0.2, 0) is 20.4 Å². The molecular formula is C20H27ClF3N3O3. The molecule has 0 saturated carbocycles. The third kappa shape index (κ3) is 6.46. The first-order chi connectivity index (χ1) is 14.3. The Morgan fingerprint density at radius 1 is 1.33 bits per heavy atom. The number of alkyl halides is 3. The van der Waals surface area contributed by atoms with E-state index in [1.807, 2.05) is 4.90 Å². The van der Waals surface area contributed by atoms with Crippen LogP contribution in [0.15, 0.2) is 12.3 Å². The van der Waals surface area contributed by atoms with E-state index in [4.69, 9.17) is 21.1 Å². The van der Waals surface area contributed by atoms with Crippen LogP contribution in [0, 0.1) is 5.92 Å². The fourth-order valence-electron chi connectivity index (χ4n) is 3.69. The second-order valence-corrected chi connectivity index (χ2v) is 8.05. The highest BCUT2D eigenvalue weighted by atomic mass is 35.5. The van der Waals surface area contributed by atoms with Crippen molar-refractivity contribution in [2.45, 2.75) is 44.4 Å².